The summed E-state index contributed by atoms with van der Waals surface area (Å²) in [6, 6.07) is 10.6. The Morgan fingerprint density at radius 2 is 2.00 bits per heavy atom. The van der Waals surface area contributed by atoms with Crippen molar-refractivity contribution in [1.82, 2.24) is 10.3 Å². The minimum absolute atomic E-state index is 0.101. The van der Waals surface area contributed by atoms with Gasteiger partial charge in [0.2, 0.25) is 0 Å². The fourth-order valence-electron chi connectivity index (χ4n) is 2.70. The highest BCUT2D eigenvalue weighted by atomic mass is 16.4. The van der Waals surface area contributed by atoms with Gasteiger partial charge in [-0.3, -0.25) is 0 Å². The predicted octanol–water partition coefficient (Wildman–Crippen LogP) is 3.30. The summed E-state index contributed by atoms with van der Waals surface area (Å²) in [5, 5.41) is 3.38. The van der Waals surface area contributed by atoms with Gasteiger partial charge >= 0.3 is 0 Å². The molecule has 0 aliphatic heterocycles. The monoisotopic (exact) mass is 270 g/mol. The van der Waals surface area contributed by atoms with E-state index in [2.05, 4.69) is 47.6 Å². The van der Waals surface area contributed by atoms with Crippen LogP contribution in [-0.2, 0) is 11.8 Å². The molecule has 1 aromatic carbocycles. The van der Waals surface area contributed by atoms with Crippen LogP contribution in [0.3, 0.4) is 0 Å². The molecule has 0 saturated heterocycles. The highest BCUT2D eigenvalue weighted by Crippen LogP contribution is 2.53. The number of nitrogens with one attached hydrogen (secondary N) is 1. The molecule has 3 heteroatoms. The number of rotatable bonds is 7. The molecule has 1 heterocycles. The zero-order valence-electron chi connectivity index (χ0n) is 12.1. The van der Waals surface area contributed by atoms with E-state index in [0.717, 1.165) is 37.6 Å². The molecule has 3 nitrogen and oxygen atoms in total. The number of hydrogen-bond acceptors (Lipinski definition) is 3. The van der Waals surface area contributed by atoms with Crippen molar-refractivity contribution in [2.45, 2.75) is 38.0 Å². The lowest BCUT2D eigenvalue weighted by Gasteiger charge is -2.11. The first-order valence-electron chi connectivity index (χ1n) is 7.56. The molecular formula is C17H22N2O. The van der Waals surface area contributed by atoms with Gasteiger partial charge in [0, 0.05) is 13.0 Å². The Kier molecular flexibility index (Phi) is 3.88. The highest BCUT2D eigenvalue weighted by Gasteiger charge is 2.48. The van der Waals surface area contributed by atoms with E-state index >= 15 is 0 Å². The van der Waals surface area contributed by atoms with Crippen LogP contribution in [0.15, 0.2) is 40.9 Å². The molecule has 1 saturated carbocycles. The number of oxazole rings is 1. The Hall–Kier alpha value is -1.61. The van der Waals surface area contributed by atoms with E-state index in [1.165, 1.54) is 18.4 Å². The second-order valence-electron chi connectivity index (χ2n) is 5.57. The molecular weight excluding hydrogens is 248 g/mol. The smallest absolute Gasteiger partial charge is 0.195 e. The molecule has 0 radical (unpaired) electrons. The minimum atomic E-state index is 0.101. The summed E-state index contributed by atoms with van der Waals surface area (Å²) in [6.07, 6.45) is 6.29. The van der Waals surface area contributed by atoms with Crippen LogP contribution in [0.2, 0.25) is 0 Å². The van der Waals surface area contributed by atoms with Crippen LogP contribution in [0.25, 0.3) is 0 Å². The van der Waals surface area contributed by atoms with Crippen LogP contribution >= 0.6 is 0 Å². The highest BCUT2D eigenvalue weighted by molar-refractivity contribution is 5.39. The average molecular weight is 270 g/mol. The molecule has 1 aromatic heterocycles. The fraction of sp³-hybridized carbons (Fsp3) is 0.471. The maximum absolute atomic E-state index is 5.99. The predicted molar refractivity (Wildman–Crippen MR) is 79.8 cm³/mol. The lowest BCUT2D eigenvalue weighted by molar-refractivity contribution is 0.428. The molecule has 20 heavy (non-hydrogen) atoms. The van der Waals surface area contributed by atoms with Crippen molar-refractivity contribution in [3.63, 3.8) is 0 Å². The maximum Gasteiger partial charge on any atom is 0.195 e. The second-order valence-corrected chi connectivity index (χ2v) is 5.57. The van der Waals surface area contributed by atoms with Crippen LogP contribution in [-0.4, -0.2) is 18.1 Å². The third kappa shape index (κ3) is 2.63. The minimum Gasteiger partial charge on any atom is -0.445 e. The topological polar surface area (TPSA) is 38.1 Å². The van der Waals surface area contributed by atoms with E-state index in [1.54, 1.807) is 0 Å². The van der Waals surface area contributed by atoms with Gasteiger partial charge in [0.1, 0.15) is 5.76 Å². The zero-order chi connectivity index (χ0) is 13.8. The average Bonchev–Trinajstić information content (AvgIpc) is 3.18. The fourth-order valence-corrected chi connectivity index (χ4v) is 2.70. The standard InChI is InChI=1S/C17H22N2O/c1-2-11-18-12-8-16-19-13-15(20-16)17(9-10-17)14-6-4-3-5-7-14/h3-7,13,18H,2,8-12H2,1H3. The molecule has 0 unspecified atom stereocenters. The summed E-state index contributed by atoms with van der Waals surface area (Å²) in [5.41, 5.74) is 1.45. The Morgan fingerprint density at radius 1 is 1.20 bits per heavy atom. The Morgan fingerprint density at radius 3 is 2.70 bits per heavy atom. The first-order valence-corrected chi connectivity index (χ1v) is 7.56. The summed E-state index contributed by atoms with van der Waals surface area (Å²) in [4.78, 5) is 4.44. The van der Waals surface area contributed by atoms with Crippen LogP contribution in [0.4, 0.5) is 0 Å². The van der Waals surface area contributed by atoms with Gasteiger partial charge in [-0.1, -0.05) is 37.3 Å². The molecule has 1 aliphatic rings. The second kappa shape index (κ2) is 5.80. The van der Waals surface area contributed by atoms with Crippen molar-refractivity contribution >= 4 is 0 Å². The number of aromatic nitrogens is 1. The van der Waals surface area contributed by atoms with Gasteiger partial charge in [-0.05, 0) is 31.4 Å². The molecule has 3 rings (SSSR count). The molecule has 0 amide bonds. The van der Waals surface area contributed by atoms with Crippen LogP contribution in [0, 0.1) is 0 Å². The van der Waals surface area contributed by atoms with E-state index in [9.17, 15) is 0 Å². The molecule has 0 atom stereocenters. The van der Waals surface area contributed by atoms with E-state index in [0.29, 0.717) is 0 Å². The lowest BCUT2D eigenvalue weighted by atomic mass is 9.94. The van der Waals surface area contributed by atoms with Crippen molar-refractivity contribution in [3.8, 4) is 0 Å². The number of nitrogens with zero attached hydrogens (tertiary/aromatic N) is 1. The SMILES string of the molecule is CCCNCCc1ncc(C2(c3ccccc3)CC2)o1. The summed E-state index contributed by atoms with van der Waals surface area (Å²) < 4.78 is 5.99. The van der Waals surface area contributed by atoms with Gasteiger partial charge < -0.3 is 9.73 Å². The summed E-state index contributed by atoms with van der Waals surface area (Å²) in [6.45, 7) is 4.17. The Labute approximate surface area is 120 Å². The molecule has 1 aliphatic carbocycles. The summed E-state index contributed by atoms with van der Waals surface area (Å²) in [5.74, 6) is 1.89. The van der Waals surface area contributed by atoms with Gasteiger partial charge in [0.15, 0.2) is 5.89 Å². The van der Waals surface area contributed by atoms with Gasteiger partial charge in [-0.25, -0.2) is 4.98 Å². The van der Waals surface area contributed by atoms with E-state index < -0.39 is 0 Å². The first-order chi connectivity index (χ1) is 9.85. The van der Waals surface area contributed by atoms with Crippen LogP contribution < -0.4 is 5.32 Å². The van der Waals surface area contributed by atoms with Crippen molar-refractivity contribution in [2.75, 3.05) is 13.1 Å². The van der Waals surface area contributed by atoms with Crippen molar-refractivity contribution in [3.05, 3.63) is 53.7 Å². The molecule has 106 valence electrons. The van der Waals surface area contributed by atoms with Crippen LogP contribution in [0.5, 0.6) is 0 Å². The largest absolute Gasteiger partial charge is 0.445 e. The van der Waals surface area contributed by atoms with Crippen molar-refractivity contribution < 1.29 is 4.42 Å². The molecule has 0 bridgehead atoms. The molecule has 2 aromatic rings. The quantitative estimate of drug-likeness (QED) is 0.784. The van der Waals surface area contributed by atoms with E-state index in [1.807, 2.05) is 6.20 Å². The van der Waals surface area contributed by atoms with Gasteiger partial charge in [0.05, 0.1) is 11.6 Å². The maximum atomic E-state index is 5.99. The third-order valence-corrected chi connectivity index (χ3v) is 4.04. The molecule has 1 fully saturated rings. The van der Waals surface area contributed by atoms with E-state index in [4.69, 9.17) is 4.42 Å². The van der Waals surface area contributed by atoms with Crippen LogP contribution in [0.1, 0.15) is 43.4 Å². The zero-order valence-corrected chi connectivity index (χ0v) is 12.1. The molecule has 1 N–H and O–H groups in total. The first kappa shape index (κ1) is 13.4. The normalized spacial score (nSPS) is 16.2. The van der Waals surface area contributed by atoms with Gasteiger partial charge in [0.25, 0.3) is 0 Å². The van der Waals surface area contributed by atoms with Crippen molar-refractivity contribution in [1.29, 1.82) is 0 Å². The number of hydrogen-bond donors (Lipinski definition) is 1. The van der Waals surface area contributed by atoms with Crippen molar-refractivity contribution in [2.24, 2.45) is 0 Å². The number of benzene rings is 1. The van der Waals surface area contributed by atoms with Gasteiger partial charge in [-0.2, -0.15) is 0 Å². The van der Waals surface area contributed by atoms with Gasteiger partial charge in [-0.15, -0.1) is 0 Å². The Balaban J connectivity index is 1.68. The summed E-state index contributed by atoms with van der Waals surface area (Å²) >= 11 is 0. The van der Waals surface area contributed by atoms with E-state index in [-0.39, 0.29) is 5.41 Å². The lowest BCUT2D eigenvalue weighted by Crippen LogP contribution is -2.17. The Bertz CT molecular complexity index is 543. The third-order valence-electron chi connectivity index (χ3n) is 4.04. The summed E-state index contributed by atoms with van der Waals surface area (Å²) in [7, 11) is 0. The molecule has 0 spiro atoms.